The third kappa shape index (κ3) is 3.85. The van der Waals surface area contributed by atoms with Crippen LogP contribution in [0.2, 0.25) is 0 Å². The fourth-order valence-corrected chi connectivity index (χ4v) is 4.41. The number of nitrogens with zero attached hydrogens (tertiary/aromatic N) is 4. The minimum Gasteiger partial charge on any atom is -0.473 e. The van der Waals surface area contributed by atoms with E-state index < -0.39 is 0 Å². The van der Waals surface area contributed by atoms with Gasteiger partial charge in [-0.2, -0.15) is 0 Å². The predicted molar refractivity (Wildman–Crippen MR) is 111 cm³/mol. The van der Waals surface area contributed by atoms with E-state index in [1.807, 2.05) is 41.3 Å². The predicted octanol–water partition coefficient (Wildman–Crippen LogP) is 3.26. The average molecular weight is 404 g/mol. The van der Waals surface area contributed by atoms with Gasteiger partial charge in [-0.1, -0.05) is 24.3 Å². The number of piperidine rings is 1. The molecule has 30 heavy (non-hydrogen) atoms. The Hall–Kier alpha value is -3.06. The van der Waals surface area contributed by atoms with Crippen LogP contribution in [-0.4, -0.2) is 57.2 Å². The van der Waals surface area contributed by atoms with Crippen molar-refractivity contribution in [2.45, 2.75) is 37.4 Å². The molecule has 1 atom stereocenters. The van der Waals surface area contributed by atoms with Gasteiger partial charge in [-0.15, -0.1) is 0 Å². The average Bonchev–Trinajstić information content (AvgIpc) is 2.80. The monoisotopic (exact) mass is 404 g/mol. The van der Waals surface area contributed by atoms with Crippen LogP contribution in [0.4, 0.5) is 0 Å². The van der Waals surface area contributed by atoms with E-state index >= 15 is 0 Å². The lowest BCUT2D eigenvalue weighted by Gasteiger charge is -2.45. The minimum absolute atomic E-state index is 0.0150. The molecule has 7 heteroatoms. The van der Waals surface area contributed by atoms with Crippen molar-refractivity contribution in [3.05, 3.63) is 60.7 Å². The molecule has 5 rings (SSSR count). The maximum atomic E-state index is 13.0. The lowest BCUT2D eigenvalue weighted by Crippen LogP contribution is -2.52. The van der Waals surface area contributed by atoms with Gasteiger partial charge in [-0.25, -0.2) is 9.97 Å². The quantitative estimate of drug-likeness (QED) is 0.667. The molecule has 0 aliphatic carbocycles. The van der Waals surface area contributed by atoms with Crippen LogP contribution in [0, 0.1) is 0 Å². The number of hydrogen-bond donors (Lipinski definition) is 0. The Kier molecular flexibility index (Phi) is 5.04. The third-order valence-electron chi connectivity index (χ3n) is 6.05. The zero-order valence-corrected chi connectivity index (χ0v) is 16.7. The zero-order valence-electron chi connectivity index (χ0n) is 16.7. The van der Waals surface area contributed by atoms with Gasteiger partial charge in [0.05, 0.1) is 23.9 Å². The zero-order chi connectivity index (χ0) is 20.4. The van der Waals surface area contributed by atoms with Crippen LogP contribution in [0.5, 0.6) is 5.88 Å². The molecule has 2 saturated heterocycles. The fraction of sp³-hybridized carbons (Fsp3) is 0.391. The Bertz CT molecular complexity index is 1030. The van der Waals surface area contributed by atoms with E-state index in [4.69, 9.17) is 9.47 Å². The minimum atomic E-state index is -0.237. The normalized spacial score (nSPS) is 20.9. The number of rotatable bonds is 3. The molecule has 0 bridgehead atoms. The van der Waals surface area contributed by atoms with E-state index in [1.54, 1.807) is 18.6 Å². The van der Waals surface area contributed by atoms with Gasteiger partial charge in [0, 0.05) is 43.7 Å². The lowest BCUT2D eigenvalue weighted by atomic mass is 9.83. The van der Waals surface area contributed by atoms with Gasteiger partial charge < -0.3 is 14.4 Å². The maximum absolute atomic E-state index is 13.0. The number of hydrogen-bond acceptors (Lipinski definition) is 6. The Labute approximate surface area is 175 Å². The number of pyridine rings is 1. The first-order valence-electron chi connectivity index (χ1n) is 10.4. The highest BCUT2D eigenvalue weighted by molar-refractivity contribution is 5.95. The fourth-order valence-electron chi connectivity index (χ4n) is 4.41. The summed E-state index contributed by atoms with van der Waals surface area (Å²) in [5, 5.41) is 1.04. The topological polar surface area (TPSA) is 77.4 Å². The van der Waals surface area contributed by atoms with Crippen molar-refractivity contribution in [3.63, 3.8) is 0 Å². The third-order valence-corrected chi connectivity index (χ3v) is 6.05. The van der Waals surface area contributed by atoms with E-state index in [-0.39, 0.29) is 17.6 Å². The summed E-state index contributed by atoms with van der Waals surface area (Å²) in [5.74, 6) is 0.535. The highest BCUT2D eigenvalue weighted by Crippen LogP contribution is 2.36. The molecule has 1 aromatic carbocycles. The smallest absolute Gasteiger partial charge is 0.272 e. The number of amides is 1. The molecule has 0 saturated carbocycles. The summed E-state index contributed by atoms with van der Waals surface area (Å²) in [6.07, 6.45) is 8.20. The van der Waals surface area contributed by atoms with Crippen LogP contribution in [0.3, 0.4) is 0 Å². The summed E-state index contributed by atoms with van der Waals surface area (Å²) in [6.45, 7) is 1.97. The van der Waals surface area contributed by atoms with Gasteiger partial charge >= 0.3 is 0 Å². The molecule has 0 N–H and O–H groups in total. The number of carbonyl (C=O) groups excluding carboxylic acids is 1. The van der Waals surface area contributed by atoms with Crippen molar-refractivity contribution in [2.75, 3.05) is 19.7 Å². The Morgan fingerprint density at radius 3 is 2.83 bits per heavy atom. The SMILES string of the molecule is O=C(c1ccc2ccccc2n1)N1CCC2(CC1)CC(Oc1cnccn1)CCO2. The van der Waals surface area contributed by atoms with Crippen LogP contribution in [-0.2, 0) is 4.74 Å². The van der Waals surface area contributed by atoms with Gasteiger partial charge in [0.25, 0.3) is 5.91 Å². The molecule has 7 nitrogen and oxygen atoms in total. The van der Waals surface area contributed by atoms with Crippen LogP contribution in [0.25, 0.3) is 10.9 Å². The molecule has 1 unspecified atom stereocenters. The number of aromatic nitrogens is 3. The van der Waals surface area contributed by atoms with Crippen LogP contribution >= 0.6 is 0 Å². The number of fused-ring (bicyclic) bond motifs is 1. The van der Waals surface area contributed by atoms with Crippen molar-refractivity contribution in [2.24, 2.45) is 0 Å². The first-order valence-corrected chi connectivity index (χ1v) is 10.4. The van der Waals surface area contributed by atoms with Gasteiger partial charge in [-0.05, 0) is 25.0 Å². The van der Waals surface area contributed by atoms with Crippen molar-refractivity contribution in [3.8, 4) is 5.88 Å². The van der Waals surface area contributed by atoms with Crippen LogP contribution < -0.4 is 4.74 Å². The lowest BCUT2D eigenvalue weighted by molar-refractivity contribution is -0.135. The van der Waals surface area contributed by atoms with Crippen molar-refractivity contribution < 1.29 is 14.3 Å². The number of carbonyl (C=O) groups is 1. The standard InChI is InChI=1S/C23H24N4O3/c28-22(20-6-5-17-3-1-2-4-19(17)26-20)27-12-8-23(9-13-27)15-18(7-14-29-23)30-21-16-24-10-11-25-21/h1-6,10-11,16,18H,7-9,12-15H2. The molecule has 2 aliphatic rings. The Morgan fingerprint density at radius 2 is 2.00 bits per heavy atom. The van der Waals surface area contributed by atoms with E-state index in [1.165, 1.54) is 0 Å². The largest absolute Gasteiger partial charge is 0.473 e. The molecule has 2 aliphatic heterocycles. The second kappa shape index (κ2) is 7.99. The second-order valence-corrected chi connectivity index (χ2v) is 7.99. The van der Waals surface area contributed by atoms with Crippen molar-refractivity contribution in [1.29, 1.82) is 0 Å². The summed E-state index contributed by atoms with van der Waals surface area (Å²) in [6, 6.07) is 11.6. The summed E-state index contributed by atoms with van der Waals surface area (Å²) in [4.78, 5) is 27.7. The molecule has 1 spiro atoms. The number of likely N-dealkylation sites (tertiary alicyclic amines) is 1. The van der Waals surface area contributed by atoms with E-state index in [2.05, 4.69) is 15.0 Å². The van der Waals surface area contributed by atoms with Crippen molar-refractivity contribution >= 4 is 16.8 Å². The summed E-state index contributed by atoms with van der Waals surface area (Å²) >= 11 is 0. The van der Waals surface area contributed by atoms with Gasteiger partial charge in [0.1, 0.15) is 11.8 Å². The van der Waals surface area contributed by atoms with E-state index in [0.29, 0.717) is 31.3 Å². The molecule has 154 valence electrons. The molecule has 4 heterocycles. The molecule has 0 radical (unpaired) electrons. The number of benzene rings is 1. The Morgan fingerprint density at radius 1 is 1.13 bits per heavy atom. The summed E-state index contributed by atoms with van der Waals surface area (Å²) in [5.41, 5.74) is 1.10. The van der Waals surface area contributed by atoms with Gasteiger partial charge in [0.15, 0.2) is 0 Å². The van der Waals surface area contributed by atoms with Crippen molar-refractivity contribution in [1.82, 2.24) is 19.9 Å². The highest BCUT2D eigenvalue weighted by Gasteiger charge is 2.42. The van der Waals surface area contributed by atoms with Gasteiger partial charge in [0.2, 0.25) is 5.88 Å². The molecular formula is C23H24N4O3. The first-order chi connectivity index (χ1) is 14.7. The molecule has 3 aromatic rings. The maximum Gasteiger partial charge on any atom is 0.272 e. The second-order valence-electron chi connectivity index (χ2n) is 7.99. The molecule has 2 fully saturated rings. The number of ether oxygens (including phenoxy) is 2. The molecule has 2 aromatic heterocycles. The highest BCUT2D eigenvalue weighted by atomic mass is 16.5. The van der Waals surface area contributed by atoms with E-state index in [9.17, 15) is 4.79 Å². The summed E-state index contributed by atoms with van der Waals surface area (Å²) in [7, 11) is 0. The molecular weight excluding hydrogens is 380 g/mol. The Balaban J connectivity index is 1.23. The first kappa shape index (κ1) is 18.9. The van der Waals surface area contributed by atoms with Gasteiger partial charge in [-0.3, -0.25) is 9.78 Å². The van der Waals surface area contributed by atoms with E-state index in [0.717, 1.165) is 36.6 Å². The van der Waals surface area contributed by atoms with Crippen LogP contribution in [0.15, 0.2) is 55.0 Å². The van der Waals surface area contributed by atoms with Crippen LogP contribution in [0.1, 0.15) is 36.2 Å². The number of para-hydroxylation sites is 1. The summed E-state index contributed by atoms with van der Waals surface area (Å²) < 4.78 is 12.2. The molecule has 1 amide bonds.